The van der Waals surface area contributed by atoms with Gasteiger partial charge in [-0.3, -0.25) is 14.9 Å². The van der Waals surface area contributed by atoms with Gasteiger partial charge in [0.1, 0.15) is 0 Å². The number of rotatable bonds is 4. The number of nitro groups is 1. The minimum atomic E-state index is -0.550. The van der Waals surface area contributed by atoms with Crippen LogP contribution in [0.3, 0.4) is 0 Å². The Morgan fingerprint density at radius 1 is 1.62 bits per heavy atom. The zero-order chi connectivity index (χ0) is 12.0. The van der Waals surface area contributed by atoms with E-state index in [1.54, 1.807) is 0 Å². The number of hydrazone groups is 1. The molecule has 0 bridgehead atoms. The topological polar surface area (TPSA) is 84.6 Å². The molecule has 0 atom stereocenters. The Balaban J connectivity index is 2.79. The molecule has 1 amide bonds. The van der Waals surface area contributed by atoms with Crippen LogP contribution >= 0.6 is 0 Å². The van der Waals surface area contributed by atoms with Crippen LogP contribution in [0.1, 0.15) is 23.7 Å². The predicted molar refractivity (Wildman–Crippen MR) is 59.3 cm³/mol. The Morgan fingerprint density at radius 3 is 3.00 bits per heavy atom. The standard InChI is InChI=1S/C10H11N3O3/c1-2-6-11-12-10(14)8-4-3-5-9(7-8)13(15)16/h3-7H,2H2,1H3,(H,12,14). The lowest BCUT2D eigenvalue weighted by molar-refractivity contribution is -0.384. The molecule has 1 aromatic rings. The van der Waals surface area contributed by atoms with E-state index in [0.29, 0.717) is 6.42 Å². The minimum absolute atomic E-state index is 0.118. The highest BCUT2D eigenvalue weighted by molar-refractivity contribution is 5.94. The van der Waals surface area contributed by atoms with Crippen molar-refractivity contribution in [1.29, 1.82) is 0 Å². The highest BCUT2D eigenvalue weighted by Crippen LogP contribution is 2.12. The molecule has 0 fully saturated rings. The van der Waals surface area contributed by atoms with E-state index >= 15 is 0 Å². The first-order valence-electron chi connectivity index (χ1n) is 4.71. The average molecular weight is 221 g/mol. The second-order valence-electron chi connectivity index (χ2n) is 2.97. The first kappa shape index (κ1) is 11.8. The molecule has 1 N–H and O–H groups in total. The molecular weight excluding hydrogens is 210 g/mol. The van der Waals surface area contributed by atoms with Gasteiger partial charge in [-0.1, -0.05) is 13.0 Å². The van der Waals surface area contributed by atoms with Gasteiger partial charge >= 0.3 is 0 Å². The molecule has 6 nitrogen and oxygen atoms in total. The second-order valence-corrected chi connectivity index (χ2v) is 2.97. The van der Waals surface area contributed by atoms with Crippen LogP contribution in [0.2, 0.25) is 0 Å². The van der Waals surface area contributed by atoms with Crippen LogP contribution in [0.15, 0.2) is 29.4 Å². The van der Waals surface area contributed by atoms with Crippen LogP contribution in [0.25, 0.3) is 0 Å². The van der Waals surface area contributed by atoms with Crippen molar-refractivity contribution in [3.05, 3.63) is 39.9 Å². The number of amides is 1. The van der Waals surface area contributed by atoms with Crippen molar-refractivity contribution in [3.63, 3.8) is 0 Å². The largest absolute Gasteiger partial charge is 0.271 e. The van der Waals surface area contributed by atoms with E-state index < -0.39 is 10.8 Å². The first-order valence-corrected chi connectivity index (χ1v) is 4.71. The zero-order valence-corrected chi connectivity index (χ0v) is 8.71. The van der Waals surface area contributed by atoms with Crippen LogP contribution in [0, 0.1) is 10.1 Å². The maximum absolute atomic E-state index is 11.4. The smallest absolute Gasteiger partial charge is 0.267 e. The number of nitrogens with zero attached hydrogens (tertiary/aromatic N) is 2. The molecule has 0 aliphatic rings. The number of hydrogen-bond donors (Lipinski definition) is 1. The molecule has 84 valence electrons. The molecule has 6 heteroatoms. The van der Waals surface area contributed by atoms with Crippen LogP contribution < -0.4 is 5.43 Å². The Labute approximate surface area is 92.1 Å². The quantitative estimate of drug-likeness (QED) is 0.477. The van der Waals surface area contributed by atoms with Crippen LogP contribution in [0.5, 0.6) is 0 Å². The molecule has 0 aliphatic carbocycles. The van der Waals surface area contributed by atoms with Gasteiger partial charge in [0.2, 0.25) is 0 Å². The van der Waals surface area contributed by atoms with Crippen molar-refractivity contribution >= 4 is 17.8 Å². The van der Waals surface area contributed by atoms with Crippen LogP contribution in [-0.4, -0.2) is 17.0 Å². The average Bonchev–Trinajstić information content (AvgIpc) is 2.29. The third-order valence-electron chi connectivity index (χ3n) is 1.76. The van der Waals surface area contributed by atoms with Gasteiger partial charge in [0, 0.05) is 23.9 Å². The fourth-order valence-corrected chi connectivity index (χ4v) is 1.02. The fraction of sp³-hybridized carbons (Fsp3) is 0.200. The number of carbonyl (C=O) groups excluding carboxylic acids is 1. The highest BCUT2D eigenvalue weighted by atomic mass is 16.6. The Hall–Kier alpha value is -2.24. The maximum atomic E-state index is 11.4. The van der Waals surface area contributed by atoms with Gasteiger partial charge in [-0.25, -0.2) is 5.43 Å². The third-order valence-corrected chi connectivity index (χ3v) is 1.76. The number of nitrogens with one attached hydrogen (secondary N) is 1. The van der Waals surface area contributed by atoms with Crippen LogP contribution in [-0.2, 0) is 0 Å². The van der Waals surface area contributed by atoms with E-state index in [-0.39, 0.29) is 11.3 Å². The van der Waals surface area contributed by atoms with E-state index in [1.165, 1.54) is 30.5 Å². The van der Waals surface area contributed by atoms with Gasteiger partial charge in [0.25, 0.3) is 11.6 Å². The molecule has 0 aliphatic heterocycles. The summed E-state index contributed by atoms with van der Waals surface area (Å²) in [5.41, 5.74) is 2.37. The summed E-state index contributed by atoms with van der Waals surface area (Å²) in [6, 6.07) is 5.48. The number of carbonyl (C=O) groups is 1. The Morgan fingerprint density at radius 2 is 2.38 bits per heavy atom. The molecule has 0 aromatic heterocycles. The molecule has 0 heterocycles. The van der Waals surface area contributed by atoms with Gasteiger partial charge in [0.15, 0.2) is 0 Å². The SMILES string of the molecule is CCC=NNC(=O)c1cccc([N+](=O)[O-])c1. The summed E-state index contributed by atoms with van der Waals surface area (Å²) in [5, 5.41) is 14.1. The van der Waals surface area contributed by atoms with Gasteiger partial charge < -0.3 is 0 Å². The van der Waals surface area contributed by atoms with Crippen molar-refractivity contribution in [3.8, 4) is 0 Å². The molecule has 0 saturated carbocycles. The number of hydrogen-bond acceptors (Lipinski definition) is 4. The number of nitro benzene ring substituents is 1. The summed E-state index contributed by atoms with van der Waals surface area (Å²) in [7, 11) is 0. The van der Waals surface area contributed by atoms with Crippen molar-refractivity contribution in [2.75, 3.05) is 0 Å². The molecule has 0 saturated heterocycles. The summed E-state index contributed by atoms with van der Waals surface area (Å²) in [5.74, 6) is -0.464. The Kier molecular flexibility index (Phi) is 4.14. The van der Waals surface area contributed by atoms with Gasteiger partial charge in [-0.05, 0) is 12.5 Å². The highest BCUT2D eigenvalue weighted by Gasteiger charge is 2.10. The lowest BCUT2D eigenvalue weighted by Gasteiger charge is -1.99. The molecule has 1 rings (SSSR count). The molecule has 1 aromatic carbocycles. The second kappa shape index (κ2) is 5.59. The molecule has 0 spiro atoms. The summed E-state index contributed by atoms with van der Waals surface area (Å²) in [6.07, 6.45) is 2.24. The van der Waals surface area contributed by atoms with E-state index in [1.807, 2.05) is 6.92 Å². The molecule has 0 radical (unpaired) electrons. The van der Waals surface area contributed by atoms with E-state index in [4.69, 9.17) is 0 Å². The molecule has 16 heavy (non-hydrogen) atoms. The third kappa shape index (κ3) is 3.16. The van der Waals surface area contributed by atoms with E-state index in [0.717, 1.165) is 0 Å². The van der Waals surface area contributed by atoms with Gasteiger partial charge in [-0.2, -0.15) is 5.10 Å². The summed E-state index contributed by atoms with van der Waals surface area (Å²) in [6.45, 7) is 1.88. The predicted octanol–water partition coefficient (Wildman–Crippen LogP) is 1.72. The monoisotopic (exact) mass is 221 g/mol. The van der Waals surface area contributed by atoms with Crippen molar-refractivity contribution < 1.29 is 9.72 Å². The lowest BCUT2D eigenvalue weighted by Crippen LogP contribution is -2.17. The van der Waals surface area contributed by atoms with Crippen LogP contribution in [0.4, 0.5) is 5.69 Å². The van der Waals surface area contributed by atoms with Gasteiger partial charge in [0.05, 0.1) is 4.92 Å². The number of benzene rings is 1. The van der Waals surface area contributed by atoms with Gasteiger partial charge in [-0.15, -0.1) is 0 Å². The molecular formula is C10H11N3O3. The number of non-ortho nitro benzene ring substituents is 1. The van der Waals surface area contributed by atoms with Crippen molar-refractivity contribution in [1.82, 2.24) is 5.43 Å². The van der Waals surface area contributed by atoms with Crippen molar-refractivity contribution in [2.24, 2.45) is 5.10 Å². The summed E-state index contributed by atoms with van der Waals surface area (Å²) in [4.78, 5) is 21.4. The summed E-state index contributed by atoms with van der Waals surface area (Å²) < 4.78 is 0. The van der Waals surface area contributed by atoms with E-state index in [2.05, 4.69) is 10.5 Å². The zero-order valence-electron chi connectivity index (χ0n) is 8.71. The normalized spacial score (nSPS) is 10.3. The fourth-order valence-electron chi connectivity index (χ4n) is 1.02. The Bertz CT molecular complexity index is 429. The molecule has 0 unspecified atom stereocenters. The maximum Gasteiger partial charge on any atom is 0.271 e. The lowest BCUT2D eigenvalue weighted by atomic mass is 10.2. The minimum Gasteiger partial charge on any atom is -0.267 e. The van der Waals surface area contributed by atoms with Crippen molar-refractivity contribution in [2.45, 2.75) is 13.3 Å². The van der Waals surface area contributed by atoms with E-state index in [9.17, 15) is 14.9 Å². The summed E-state index contributed by atoms with van der Waals surface area (Å²) >= 11 is 0. The first-order chi connectivity index (χ1) is 7.65.